The molecule has 2 N–H and O–H groups in total. The van der Waals surface area contributed by atoms with Crippen molar-refractivity contribution in [2.45, 2.75) is 31.5 Å². The van der Waals surface area contributed by atoms with Crippen LogP contribution in [0.25, 0.3) is 0 Å². The second kappa shape index (κ2) is 14.1. The Morgan fingerprint density at radius 2 is 1.82 bits per heavy atom. The number of carbonyl (C=O) groups is 4. The number of hydrogen-bond acceptors (Lipinski definition) is 7. The van der Waals surface area contributed by atoms with Crippen LogP contribution in [0.1, 0.15) is 28.8 Å². The monoisotopic (exact) mass is 540 g/mol. The first-order chi connectivity index (χ1) is 18.6. The Labute approximate surface area is 228 Å². The Balaban J connectivity index is 1.54. The van der Waals surface area contributed by atoms with Crippen LogP contribution >= 0.6 is 0 Å². The zero-order valence-corrected chi connectivity index (χ0v) is 22.5. The van der Waals surface area contributed by atoms with Crippen LogP contribution in [0.3, 0.4) is 0 Å². The molecule has 1 aliphatic heterocycles. The molecule has 2 aromatic rings. The fourth-order valence-corrected chi connectivity index (χ4v) is 4.28. The molecule has 0 aromatic heterocycles. The second-order valence-electron chi connectivity index (χ2n) is 9.74. The summed E-state index contributed by atoms with van der Waals surface area (Å²) in [7, 11) is 5.16. The van der Waals surface area contributed by atoms with E-state index >= 15 is 0 Å². The number of aliphatic carboxylic acids is 1. The van der Waals surface area contributed by atoms with Gasteiger partial charge in [0, 0.05) is 19.2 Å². The lowest BCUT2D eigenvalue weighted by atomic mass is 10.1. The number of carbonyl (C=O) groups excluding carboxylic acids is 3. The summed E-state index contributed by atoms with van der Waals surface area (Å²) in [6.07, 6.45) is 0.861. The fourth-order valence-electron chi connectivity index (χ4n) is 4.28. The molecule has 39 heavy (non-hydrogen) atoms. The summed E-state index contributed by atoms with van der Waals surface area (Å²) in [5.41, 5.74) is 1.06. The highest BCUT2D eigenvalue weighted by molar-refractivity contribution is 5.95. The normalized spacial score (nSPS) is 15.5. The van der Waals surface area contributed by atoms with Gasteiger partial charge in [-0.2, -0.15) is 0 Å². The van der Waals surface area contributed by atoms with E-state index in [0.29, 0.717) is 31.0 Å². The van der Waals surface area contributed by atoms with E-state index in [-0.39, 0.29) is 25.1 Å². The lowest BCUT2D eigenvalue weighted by molar-refractivity contribution is -0.139. The van der Waals surface area contributed by atoms with E-state index in [2.05, 4.69) is 5.32 Å². The minimum absolute atomic E-state index is 0.0109. The van der Waals surface area contributed by atoms with Crippen molar-refractivity contribution in [2.24, 2.45) is 0 Å². The smallest absolute Gasteiger partial charge is 0.408 e. The van der Waals surface area contributed by atoms with Crippen LogP contribution in [-0.2, 0) is 20.9 Å². The summed E-state index contributed by atoms with van der Waals surface area (Å²) in [5.74, 6) is -1.20. The Hall–Kier alpha value is -4.12. The third kappa shape index (κ3) is 8.99. The number of benzene rings is 2. The van der Waals surface area contributed by atoms with Crippen LogP contribution in [0.2, 0.25) is 0 Å². The number of carboxylic acid groups (broad SMARTS) is 1. The Morgan fingerprint density at radius 1 is 1.08 bits per heavy atom. The molecule has 2 atom stereocenters. The highest BCUT2D eigenvalue weighted by Crippen LogP contribution is 2.21. The summed E-state index contributed by atoms with van der Waals surface area (Å²) >= 11 is 0. The molecule has 0 saturated carbocycles. The number of alkyl carbamates (subject to hydrolysis) is 1. The lowest BCUT2D eigenvalue weighted by Crippen LogP contribution is -2.49. The van der Waals surface area contributed by atoms with Crippen molar-refractivity contribution < 1.29 is 33.8 Å². The van der Waals surface area contributed by atoms with Gasteiger partial charge in [-0.25, -0.2) is 9.59 Å². The van der Waals surface area contributed by atoms with E-state index in [0.717, 1.165) is 18.4 Å². The number of nitrogens with zero attached hydrogens (tertiary/aromatic N) is 3. The number of nitrogens with one attached hydrogen (secondary N) is 1. The maximum absolute atomic E-state index is 13.0. The molecule has 11 nitrogen and oxygen atoms in total. The van der Waals surface area contributed by atoms with Gasteiger partial charge in [-0.15, -0.1) is 0 Å². The van der Waals surface area contributed by atoms with Gasteiger partial charge in [-0.05, 0) is 50.7 Å². The molecule has 3 rings (SSSR count). The summed E-state index contributed by atoms with van der Waals surface area (Å²) in [5, 5.41) is 11.9. The zero-order valence-electron chi connectivity index (χ0n) is 22.5. The van der Waals surface area contributed by atoms with E-state index in [1.54, 1.807) is 48.5 Å². The third-order valence-corrected chi connectivity index (χ3v) is 6.28. The summed E-state index contributed by atoms with van der Waals surface area (Å²) in [6.45, 7) is 1.06. The maximum atomic E-state index is 13.0. The summed E-state index contributed by atoms with van der Waals surface area (Å²) < 4.78 is 11.0. The Bertz CT molecular complexity index is 1140. The van der Waals surface area contributed by atoms with Crippen LogP contribution in [-0.4, -0.2) is 103 Å². The number of likely N-dealkylation sites (N-methyl/N-ethyl adjacent to an activating group) is 2. The van der Waals surface area contributed by atoms with Crippen LogP contribution in [0.5, 0.6) is 5.75 Å². The SMILES string of the molecule is CN(C)CC(=O)N1CCC[C@H]1COc1cccc(C(=O)N(C)C[C@@H](NC(=O)OCc2ccccc2)C(=O)O)c1. The van der Waals surface area contributed by atoms with Gasteiger partial charge in [-0.3, -0.25) is 9.59 Å². The first-order valence-corrected chi connectivity index (χ1v) is 12.8. The lowest BCUT2D eigenvalue weighted by Gasteiger charge is -2.26. The molecule has 1 saturated heterocycles. The average molecular weight is 541 g/mol. The van der Waals surface area contributed by atoms with Gasteiger partial charge in [-0.1, -0.05) is 36.4 Å². The highest BCUT2D eigenvalue weighted by atomic mass is 16.5. The number of likely N-dealkylation sites (tertiary alicyclic amines) is 1. The van der Waals surface area contributed by atoms with Crippen molar-refractivity contribution in [3.05, 3.63) is 65.7 Å². The van der Waals surface area contributed by atoms with Crippen molar-refractivity contribution in [1.82, 2.24) is 20.0 Å². The first kappa shape index (κ1) is 29.4. The van der Waals surface area contributed by atoms with E-state index in [1.165, 1.54) is 11.9 Å². The molecule has 1 fully saturated rings. The van der Waals surface area contributed by atoms with Crippen molar-refractivity contribution in [1.29, 1.82) is 0 Å². The number of amides is 3. The molecule has 1 aliphatic rings. The van der Waals surface area contributed by atoms with Gasteiger partial charge in [0.05, 0.1) is 19.1 Å². The Morgan fingerprint density at radius 3 is 2.51 bits per heavy atom. The number of rotatable bonds is 12. The molecular formula is C28H36N4O7. The van der Waals surface area contributed by atoms with Crippen LogP contribution in [0, 0.1) is 0 Å². The molecule has 0 bridgehead atoms. The molecule has 1 heterocycles. The van der Waals surface area contributed by atoms with Crippen LogP contribution in [0.15, 0.2) is 54.6 Å². The zero-order chi connectivity index (χ0) is 28.4. The first-order valence-electron chi connectivity index (χ1n) is 12.8. The molecule has 0 radical (unpaired) electrons. The maximum Gasteiger partial charge on any atom is 0.408 e. The van der Waals surface area contributed by atoms with Crippen LogP contribution in [0.4, 0.5) is 4.79 Å². The predicted molar refractivity (Wildman–Crippen MR) is 143 cm³/mol. The third-order valence-electron chi connectivity index (χ3n) is 6.28. The van der Waals surface area contributed by atoms with Crippen molar-refractivity contribution in [3.8, 4) is 5.75 Å². The molecule has 3 amide bonds. The van der Waals surface area contributed by atoms with Gasteiger partial charge in [0.25, 0.3) is 5.91 Å². The largest absolute Gasteiger partial charge is 0.491 e. The van der Waals surface area contributed by atoms with Crippen molar-refractivity contribution >= 4 is 23.9 Å². The van der Waals surface area contributed by atoms with Gasteiger partial charge in [0.2, 0.25) is 5.91 Å². The molecule has 11 heteroatoms. The molecule has 0 spiro atoms. The van der Waals surface area contributed by atoms with E-state index in [4.69, 9.17) is 9.47 Å². The molecule has 2 aromatic carbocycles. The minimum Gasteiger partial charge on any atom is -0.491 e. The van der Waals surface area contributed by atoms with Gasteiger partial charge >= 0.3 is 12.1 Å². The van der Waals surface area contributed by atoms with Gasteiger partial charge < -0.3 is 34.6 Å². The number of carboxylic acids is 1. The minimum atomic E-state index is -1.37. The van der Waals surface area contributed by atoms with Crippen molar-refractivity contribution in [2.75, 3.05) is 47.4 Å². The van der Waals surface area contributed by atoms with Gasteiger partial charge in [0.15, 0.2) is 0 Å². The predicted octanol–water partition coefficient (Wildman–Crippen LogP) is 2.07. The highest BCUT2D eigenvalue weighted by Gasteiger charge is 2.29. The second-order valence-corrected chi connectivity index (χ2v) is 9.74. The van der Waals surface area contributed by atoms with Gasteiger partial charge in [0.1, 0.15) is 25.0 Å². The van der Waals surface area contributed by atoms with E-state index < -0.39 is 24.0 Å². The fraction of sp³-hybridized carbons (Fsp3) is 0.429. The quantitative estimate of drug-likeness (QED) is 0.419. The molecule has 0 aliphatic carbocycles. The average Bonchev–Trinajstić information content (AvgIpc) is 3.39. The summed E-state index contributed by atoms with van der Waals surface area (Å²) in [4.78, 5) is 54.3. The van der Waals surface area contributed by atoms with E-state index in [1.807, 2.05) is 30.0 Å². The molecule has 210 valence electrons. The summed E-state index contributed by atoms with van der Waals surface area (Å²) in [6, 6.07) is 14.2. The van der Waals surface area contributed by atoms with E-state index in [9.17, 15) is 24.3 Å². The van der Waals surface area contributed by atoms with Crippen molar-refractivity contribution in [3.63, 3.8) is 0 Å². The Kier molecular flexibility index (Phi) is 10.7. The number of ether oxygens (including phenoxy) is 2. The van der Waals surface area contributed by atoms with Crippen LogP contribution < -0.4 is 10.1 Å². The standard InChI is InChI=1S/C28H36N4O7/c1-30(2)17-25(33)32-14-8-12-22(32)19-38-23-13-7-11-21(15-23)26(34)31(3)16-24(27(35)36)29-28(37)39-18-20-9-5-4-6-10-20/h4-7,9-11,13,15,22,24H,8,12,14,16-19H2,1-3H3,(H,29,37)(H,35,36)/t22-,24+/m0/s1. The molecule has 0 unspecified atom stereocenters. The molecular weight excluding hydrogens is 504 g/mol. The number of hydrogen-bond donors (Lipinski definition) is 2. The topological polar surface area (TPSA) is 129 Å².